The number of hydrogen-bond donors (Lipinski definition) is 0. The summed E-state index contributed by atoms with van der Waals surface area (Å²) in [6.07, 6.45) is 69.7. The Bertz CT molecular complexity index is 1320. The summed E-state index contributed by atoms with van der Waals surface area (Å²) in [7, 11) is 1.18. The van der Waals surface area contributed by atoms with Crippen molar-refractivity contribution < 1.29 is 42.1 Å². The van der Waals surface area contributed by atoms with E-state index in [1.54, 1.807) is 0 Å². The average Bonchev–Trinajstić information content (AvgIpc) is 3.37. The van der Waals surface area contributed by atoms with E-state index in [4.69, 9.17) is 18.5 Å². The number of rotatable bonds is 61. The topological polar surface area (TPSA) is 111 Å². The Morgan fingerprint density at radius 2 is 0.720 bits per heavy atom. The summed E-state index contributed by atoms with van der Waals surface area (Å²) in [6, 6.07) is 0. The SMILES string of the molecule is CCCCCC/C=C\C/C=C\CCCCCCCCCC(=O)OC(COC(=O)CCCCCCCCCCCCCCCCCCCCCCCCCCCCCCCCCCC)COP(=O)([O-])OCC[N+](C)(C)C. The molecule has 0 spiro atoms. The van der Waals surface area contributed by atoms with Gasteiger partial charge in [0.1, 0.15) is 19.8 Å². The van der Waals surface area contributed by atoms with Crippen molar-refractivity contribution in [2.45, 2.75) is 335 Å². The van der Waals surface area contributed by atoms with Crippen molar-refractivity contribution in [3.05, 3.63) is 24.3 Å². The molecule has 0 saturated heterocycles. The lowest BCUT2D eigenvalue weighted by molar-refractivity contribution is -0.870. The molecule has 10 heteroatoms. The molecule has 0 aromatic rings. The van der Waals surface area contributed by atoms with Crippen molar-refractivity contribution in [2.24, 2.45) is 0 Å². The minimum Gasteiger partial charge on any atom is -0.756 e. The van der Waals surface area contributed by atoms with E-state index < -0.39 is 26.5 Å². The second kappa shape index (κ2) is 57.2. The van der Waals surface area contributed by atoms with Crippen LogP contribution in [0.5, 0.6) is 0 Å². The second-order valence-electron chi connectivity index (χ2n) is 23.5. The van der Waals surface area contributed by atoms with Crippen molar-refractivity contribution in [3.63, 3.8) is 0 Å². The summed E-state index contributed by atoms with van der Waals surface area (Å²) in [5, 5.41) is 0. The quantitative estimate of drug-likeness (QED) is 0.0195. The van der Waals surface area contributed by atoms with Crippen LogP contribution in [0.3, 0.4) is 0 Å². The molecule has 0 N–H and O–H groups in total. The van der Waals surface area contributed by atoms with Crippen LogP contribution < -0.4 is 4.89 Å². The zero-order valence-electron chi connectivity index (χ0n) is 50.5. The number of carbonyl (C=O) groups is 2. The van der Waals surface area contributed by atoms with Gasteiger partial charge in [0.25, 0.3) is 7.82 Å². The van der Waals surface area contributed by atoms with Gasteiger partial charge < -0.3 is 27.9 Å². The first-order valence-corrected chi connectivity index (χ1v) is 34.0. The third-order valence-corrected chi connectivity index (χ3v) is 15.7. The molecule has 9 nitrogen and oxygen atoms in total. The summed E-state index contributed by atoms with van der Waals surface area (Å²) < 4.78 is 34.2. The van der Waals surface area contributed by atoms with Crippen molar-refractivity contribution in [1.82, 2.24) is 0 Å². The second-order valence-corrected chi connectivity index (χ2v) is 24.9. The molecule has 0 aromatic carbocycles. The summed E-state index contributed by atoms with van der Waals surface area (Å²) in [6.45, 7) is 4.27. The molecule has 0 amide bonds. The molecule has 444 valence electrons. The van der Waals surface area contributed by atoms with Crippen molar-refractivity contribution in [1.29, 1.82) is 0 Å². The van der Waals surface area contributed by atoms with Crippen molar-refractivity contribution in [3.8, 4) is 0 Å². The van der Waals surface area contributed by atoms with Gasteiger partial charge in [0.2, 0.25) is 0 Å². The number of likely N-dealkylation sites (N-methyl/N-ethyl adjacent to an activating group) is 1. The third-order valence-electron chi connectivity index (χ3n) is 14.7. The van der Waals surface area contributed by atoms with Crippen LogP contribution in [-0.2, 0) is 32.7 Å². The van der Waals surface area contributed by atoms with Crippen LogP contribution in [0.25, 0.3) is 0 Å². The lowest BCUT2D eigenvalue weighted by Crippen LogP contribution is -2.37. The predicted molar refractivity (Wildman–Crippen MR) is 319 cm³/mol. The number of hydrogen-bond acceptors (Lipinski definition) is 8. The number of ether oxygens (including phenoxy) is 2. The summed E-state index contributed by atoms with van der Waals surface area (Å²) in [5.41, 5.74) is 0. The summed E-state index contributed by atoms with van der Waals surface area (Å²) >= 11 is 0. The van der Waals surface area contributed by atoms with E-state index in [1.165, 1.54) is 244 Å². The van der Waals surface area contributed by atoms with E-state index in [1.807, 2.05) is 21.1 Å². The number of esters is 2. The first-order chi connectivity index (χ1) is 36.5. The Labute approximate surface area is 466 Å². The highest BCUT2D eigenvalue weighted by atomic mass is 31.2. The van der Waals surface area contributed by atoms with E-state index in [9.17, 15) is 19.0 Å². The van der Waals surface area contributed by atoms with Gasteiger partial charge in [0, 0.05) is 12.8 Å². The molecule has 0 aliphatic rings. The van der Waals surface area contributed by atoms with Gasteiger partial charge in [-0.2, -0.15) is 0 Å². The van der Waals surface area contributed by atoms with Gasteiger partial charge in [-0.3, -0.25) is 14.2 Å². The molecular formula is C65H126NO8P. The minimum absolute atomic E-state index is 0.0301. The van der Waals surface area contributed by atoms with Crippen LogP contribution >= 0.6 is 7.82 Å². The molecule has 0 fully saturated rings. The Kier molecular flexibility index (Phi) is 56.0. The van der Waals surface area contributed by atoms with Gasteiger partial charge in [-0.05, 0) is 44.9 Å². The number of carbonyl (C=O) groups excluding carboxylic acids is 2. The Balaban J connectivity index is 3.96. The number of unbranched alkanes of at least 4 members (excludes halogenated alkanes) is 43. The lowest BCUT2D eigenvalue weighted by atomic mass is 10.0. The minimum atomic E-state index is -4.64. The number of allylic oxidation sites excluding steroid dienone is 4. The maximum atomic E-state index is 12.8. The zero-order chi connectivity index (χ0) is 54.9. The van der Waals surface area contributed by atoms with Gasteiger partial charge in [0.15, 0.2) is 6.10 Å². The first kappa shape index (κ1) is 73.5. The Morgan fingerprint density at radius 1 is 0.413 bits per heavy atom. The maximum Gasteiger partial charge on any atom is 0.306 e. The fourth-order valence-corrected chi connectivity index (χ4v) is 10.4. The van der Waals surface area contributed by atoms with E-state index in [2.05, 4.69) is 38.2 Å². The summed E-state index contributed by atoms with van der Waals surface area (Å²) in [5.74, 6) is -0.825. The molecule has 0 aliphatic carbocycles. The molecule has 0 heterocycles. The van der Waals surface area contributed by atoms with Gasteiger partial charge in [0.05, 0.1) is 27.7 Å². The van der Waals surface area contributed by atoms with Crippen LogP contribution in [-0.4, -0.2) is 70.0 Å². The Hall–Kier alpha value is -1.51. The monoisotopic (exact) mass is 1080 g/mol. The summed E-state index contributed by atoms with van der Waals surface area (Å²) in [4.78, 5) is 37.9. The average molecular weight is 1080 g/mol. The van der Waals surface area contributed by atoms with Gasteiger partial charge in [-0.15, -0.1) is 0 Å². The fraction of sp³-hybridized carbons (Fsp3) is 0.908. The molecule has 0 rings (SSSR count). The van der Waals surface area contributed by atoms with Crippen LogP contribution in [0.15, 0.2) is 24.3 Å². The molecule has 0 bridgehead atoms. The third kappa shape index (κ3) is 61.6. The van der Waals surface area contributed by atoms with Crippen molar-refractivity contribution in [2.75, 3.05) is 47.5 Å². The van der Waals surface area contributed by atoms with Gasteiger partial charge in [-0.25, -0.2) is 0 Å². The molecule has 0 saturated carbocycles. The highest BCUT2D eigenvalue weighted by Crippen LogP contribution is 2.38. The maximum absolute atomic E-state index is 12.8. The largest absolute Gasteiger partial charge is 0.756 e. The van der Waals surface area contributed by atoms with Crippen molar-refractivity contribution >= 4 is 19.8 Å². The smallest absolute Gasteiger partial charge is 0.306 e. The van der Waals surface area contributed by atoms with Crippen LogP contribution in [0.2, 0.25) is 0 Å². The highest BCUT2D eigenvalue weighted by Gasteiger charge is 2.22. The standard InChI is InChI=1S/C65H126NO8P/c1-6-8-10-12-14-16-18-20-22-24-26-27-28-29-30-31-32-33-34-35-36-37-38-39-40-42-43-45-47-49-51-53-55-57-64(67)71-61-63(62-73-75(69,70)72-60-59-66(3,4)5)74-65(68)58-56-54-52-50-48-46-44-41-25-23-21-19-17-15-13-11-9-7-2/h17,19,23,25,63H,6-16,18,20-22,24,26-62H2,1-5H3/b19-17-,25-23-. The normalized spacial score (nSPS) is 13.3. The number of nitrogens with zero attached hydrogens (tertiary/aromatic N) is 1. The number of phosphoric ester groups is 1. The zero-order valence-corrected chi connectivity index (χ0v) is 51.4. The van der Waals surface area contributed by atoms with Crippen LogP contribution in [0, 0.1) is 0 Å². The molecule has 0 aliphatic heterocycles. The molecule has 2 atom stereocenters. The Morgan fingerprint density at radius 3 is 1.07 bits per heavy atom. The van der Waals surface area contributed by atoms with Gasteiger partial charge in [-0.1, -0.05) is 295 Å². The highest BCUT2D eigenvalue weighted by molar-refractivity contribution is 7.45. The number of phosphoric acid groups is 1. The van der Waals surface area contributed by atoms with E-state index in [0.717, 1.165) is 51.4 Å². The molecular weight excluding hydrogens is 954 g/mol. The predicted octanol–water partition coefficient (Wildman–Crippen LogP) is 19.9. The van der Waals surface area contributed by atoms with E-state index >= 15 is 0 Å². The molecule has 0 radical (unpaired) electrons. The number of quaternary nitrogens is 1. The molecule has 2 unspecified atom stereocenters. The lowest BCUT2D eigenvalue weighted by Gasteiger charge is -2.28. The van der Waals surface area contributed by atoms with Crippen LogP contribution in [0.4, 0.5) is 0 Å². The fourth-order valence-electron chi connectivity index (χ4n) is 9.69. The molecule has 75 heavy (non-hydrogen) atoms. The first-order valence-electron chi connectivity index (χ1n) is 32.5. The van der Waals surface area contributed by atoms with E-state index in [-0.39, 0.29) is 32.0 Å². The van der Waals surface area contributed by atoms with Gasteiger partial charge >= 0.3 is 11.9 Å². The van der Waals surface area contributed by atoms with Crippen LogP contribution in [0.1, 0.15) is 328 Å². The molecule has 0 aromatic heterocycles. The van der Waals surface area contributed by atoms with E-state index in [0.29, 0.717) is 17.4 Å².